The molecule has 0 radical (unpaired) electrons. The van der Waals surface area contributed by atoms with Crippen LogP contribution >= 0.6 is 11.6 Å². The highest BCUT2D eigenvalue weighted by Gasteiger charge is 2.32. The normalized spacial score (nSPS) is 15.2. The van der Waals surface area contributed by atoms with Crippen LogP contribution in [0.1, 0.15) is 12.8 Å². The maximum absolute atomic E-state index is 13.6. The highest BCUT2D eigenvalue weighted by molar-refractivity contribution is 7.96. The van der Waals surface area contributed by atoms with E-state index < -0.39 is 29.9 Å². The molecule has 1 N–H and O–H groups in total. The van der Waals surface area contributed by atoms with Crippen molar-refractivity contribution >= 4 is 52.4 Å². The molecule has 2 aromatic carbocycles. The summed E-state index contributed by atoms with van der Waals surface area (Å²) in [7, 11) is -11.8. The molecule has 0 saturated carbocycles. The minimum atomic E-state index is -4.27. The summed E-state index contributed by atoms with van der Waals surface area (Å²) >= 11 is 5.90. The van der Waals surface area contributed by atoms with Crippen molar-refractivity contribution in [1.82, 2.24) is 8.69 Å². The number of hydrogen-bond donors (Lipinski definition) is 1. The molecule has 34 heavy (non-hydrogen) atoms. The van der Waals surface area contributed by atoms with Gasteiger partial charge in [-0.25, -0.2) is 33.9 Å². The number of allylic oxidation sites excluding steroid dienone is 3. The van der Waals surface area contributed by atoms with Crippen LogP contribution in [0, 0.1) is 0 Å². The van der Waals surface area contributed by atoms with E-state index in [1.807, 2.05) is 0 Å². The Balaban J connectivity index is 1.83. The van der Waals surface area contributed by atoms with Crippen molar-refractivity contribution in [2.75, 3.05) is 12.8 Å². The highest BCUT2D eigenvalue weighted by atomic mass is 35.5. The second-order valence-corrected chi connectivity index (χ2v) is 13.8. The van der Waals surface area contributed by atoms with E-state index in [4.69, 9.17) is 11.6 Å². The summed E-state index contributed by atoms with van der Waals surface area (Å²) in [5.41, 5.74) is 0.958. The minimum Gasteiger partial charge on any atom is -0.222 e. The Labute approximate surface area is 203 Å². The summed E-state index contributed by atoms with van der Waals surface area (Å²) < 4.78 is 80.2. The van der Waals surface area contributed by atoms with Gasteiger partial charge in [-0.3, -0.25) is 0 Å². The molecule has 3 aromatic rings. The summed E-state index contributed by atoms with van der Waals surface area (Å²) in [6.45, 7) is 0.0773. The molecule has 1 aliphatic carbocycles. The largest absolute Gasteiger partial charge is 0.269 e. The number of fused-ring (bicyclic) bond motifs is 1. The molecular weight excluding hydrogens is 520 g/mol. The number of para-hydroxylation sites is 1. The summed E-state index contributed by atoms with van der Waals surface area (Å²) in [5.74, 6) is 0. The average molecular weight is 541 g/mol. The number of rotatable bonds is 7. The molecule has 1 heterocycles. The van der Waals surface area contributed by atoms with Gasteiger partial charge in [0.2, 0.25) is 19.9 Å². The maximum atomic E-state index is 13.6. The lowest BCUT2D eigenvalue weighted by molar-refractivity contribution is 0.575. The zero-order valence-corrected chi connectivity index (χ0v) is 21.2. The zero-order chi connectivity index (χ0) is 24.7. The SMILES string of the molecule is CS(=O)(=O)NCC1=CC=C(S(=O)(=O)c2cc3ccccc3n2S(=O)(=O)c2ccc(Cl)cc2)CC1. The topological polar surface area (TPSA) is 119 Å². The van der Waals surface area contributed by atoms with Crippen LogP contribution in [0.2, 0.25) is 5.02 Å². The second kappa shape index (κ2) is 8.97. The average Bonchev–Trinajstić information content (AvgIpc) is 3.19. The van der Waals surface area contributed by atoms with E-state index in [0.717, 1.165) is 15.8 Å². The van der Waals surface area contributed by atoms with Gasteiger partial charge in [-0.05, 0) is 55.3 Å². The lowest BCUT2D eigenvalue weighted by atomic mass is 10.1. The third kappa shape index (κ3) is 4.84. The van der Waals surface area contributed by atoms with Crippen LogP contribution in [0.5, 0.6) is 0 Å². The van der Waals surface area contributed by atoms with Gasteiger partial charge in [0.05, 0.1) is 21.6 Å². The molecule has 0 saturated heterocycles. The minimum absolute atomic E-state index is 0.0472. The van der Waals surface area contributed by atoms with E-state index in [1.54, 1.807) is 30.3 Å². The first-order valence-corrected chi connectivity index (χ1v) is 15.3. The quantitative estimate of drug-likeness (QED) is 0.490. The van der Waals surface area contributed by atoms with Gasteiger partial charge in [0.25, 0.3) is 10.0 Å². The number of aromatic nitrogens is 1. The van der Waals surface area contributed by atoms with Gasteiger partial charge in [0.1, 0.15) is 0 Å². The molecular formula is C22H21ClN2O6S3. The Morgan fingerprint density at radius 2 is 1.59 bits per heavy atom. The van der Waals surface area contributed by atoms with Crippen LogP contribution in [0.25, 0.3) is 10.9 Å². The fraction of sp³-hybridized carbons (Fsp3) is 0.182. The number of halogens is 1. The molecule has 4 rings (SSSR count). The molecule has 0 amide bonds. The Hall–Kier alpha value is -2.44. The van der Waals surface area contributed by atoms with Crippen molar-refractivity contribution < 1.29 is 25.3 Å². The highest BCUT2D eigenvalue weighted by Crippen LogP contribution is 2.34. The van der Waals surface area contributed by atoms with Crippen LogP contribution in [0.4, 0.5) is 0 Å². The van der Waals surface area contributed by atoms with Crippen molar-refractivity contribution in [3.63, 3.8) is 0 Å². The van der Waals surface area contributed by atoms with Gasteiger partial charge in [-0.15, -0.1) is 0 Å². The zero-order valence-electron chi connectivity index (χ0n) is 18.0. The van der Waals surface area contributed by atoms with Crippen molar-refractivity contribution in [3.8, 4) is 0 Å². The van der Waals surface area contributed by atoms with Crippen molar-refractivity contribution in [3.05, 3.63) is 82.3 Å². The summed E-state index contributed by atoms with van der Waals surface area (Å²) in [6.07, 6.45) is 4.42. The molecule has 1 aliphatic rings. The predicted octanol–water partition coefficient (Wildman–Crippen LogP) is 3.46. The Bertz CT molecular complexity index is 1650. The Morgan fingerprint density at radius 1 is 0.912 bits per heavy atom. The molecule has 1 aromatic heterocycles. The van der Waals surface area contributed by atoms with Crippen molar-refractivity contribution in [2.24, 2.45) is 0 Å². The molecule has 0 atom stereocenters. The fourth-order valence-electron chi connectivity index (χ4n) is 3.64. The number of nitrogens with one attached hydrogen (secondary N) is 1. The number of sulfone groups is 1. The molecule has 0 unspecified atom stereocenters. The number of sulfonamides is 1. The van der Waals surface area contributed by atoms with E-state index in [-0.39, 0.29) is 33.3 Å². The molecule has 0 aliphatic heterocycles. The second-order valence-electron chi connectivity index (χ2n) is 7.82. The third-order valence-electron chi connectivity index (χ3n) is 5.37. The monoisotopic (exact) mass is 540 g/mol. The van der Waals surface area contributed by atoms with Crippen LogP contribution in [-0.4, -0.2) is 42.0 Å². The molecule has 0 fully saturated rings. The lowest BCUT2D eigenvalue weighted by Gasteiger charge is -2.17. The maximum Gasteiger partial charge on any atom is 0.269 e. The Morgan fingerprint density at radius 3 is 2.21 bits per heavy atom. The fourth-order valence-corrected chi connectivity index (χ4v) is 7.70. The number of benzene rings is 2. The van der Waals surface area contributed by atoms with Gasteiger partial charge < -0.3 is 0 Å². The van der Waals surface area contributed by atoms with Gasteiger partial charge in [0.15, 0.2) is 5.03 Å². The molecule has 0 spiro atoms. The van der Waals surface area contributed by atoms with E-state index in [1.165, 1.54) is 36.4 Å². The van der Waals surface area contributed by atoms with Gasteiger partial charge in [0, 0.05) is 17.0 Å². The number of hydrogen-bond acceptors (Lipinski definition) is 6. The van der Waals surface area contributed by atoms with E-state index in [2.05, 4.69) is 4.72 Å². The summed E-state index contributed by atoms with van der Waals surface area (Å²) in [4.78, 5) is -0.0488. The van der Waals surface area contributed by atoms with E-state index in [0.29, 0.717) is 16.8 Å². The van der Waals surface area contributed by atoms with Crippen LogP contribution in [0.15, 0.2) is 87.1 Å². The molecule has 180 valence electrons. The molecule has 8 nitrogen and oxygen atoms in total. The predicted molar refractivity (Wildman–Crippen MR) is 131 cm³/mol. The van der Waals surface area contributed by atoms with Gasteiger partial charge in [-0.2, -0.15) is 0 Å². The van der Waals surface area contributed by atoms with Crippen LogP contribution in [-0.2, 0) is 29.9 Å². The van der Waals surface area contributed by atoms with Gasteiger partial charge in [-0.1, -0.05) is 41.4 Å². The van der Waals surface area contributed by atoms with Crippen molar-refractivity contribution in [2.45, 2.75) is 22.8 Å². The summed E-state index contributed by atoms with van der Waals surface area (Å²) in [5, 5.41) is 0.453. The van der Waals surface area contributed by atoms with Crippen molar-refractivity contribution in [1.29, 1.82) is 0 Å². The number of nitrogens with zero attached hydrogens (tertiary/aromatic N) is 1. The first-order chi connectivity index (χ1) is 15.9. The first kappa shape index (κ1) is 24.7. The Kier molecular flexibility index (Phi) is 6.51. The van der Waals surface area contributed by atoms with Crippen LogP contribution < -0.4 is 4.72 Å². The smallest absolute Gasteiger partial charge is 0.222 e. The summed E-state index contributed by atoms with van der Waals surface area (Å²) in [6, 6.07) is 13.4. The van der Waals surface area contributed by atoms with E-state index >= 15 is 0 Å². The standard InChI is InChI=1S/C22H21ClN2O6S3/c1-32(26,27)24-15-16-6-10-19(11-7-16)33(28,29)22-14-17-4-2-3-5-21(17)25(22)34(30,31)20-12-8-18(23)9-13-20/h2-6,8-10,12-14,24H,7,11,15H2,1H3. The van der Waals surface area contributed by atoms with Crippen LogP contribution in [0.3, 0.4) is 0 Å². The first-order valence-electron chi connectivity index (χ1n) is 10.1. The third-order valence-corrected chi connectivity index (χ3v) is 10.0. The van der Waals surface area contributed by atoms with Gasteiger partial charge >= 0.3 is 0 Å². The molecule has 12 heteroatoms. The molecule has 0 bridgehead atoms. The van der Waals surface area contributed by atoms with E-state index in [9.17, 15) is 25.3 Å². The lowest BCUT2D eigenvalue weighted by Crippen LogP contribution is -2.25.